The Labute approximate surface area is 129 Å². The van der Waals surface area contributed by atoms with E-state index >= 15 is 0 Å². The molecule has 20 heavy (non-hydrogen) atoms. The van der Waals surface area contributed by atoms with Crippen molar-refractivity contribution in [3.05, 3.63) is 45.7 Å². The van der Waals surface area contributed by atoms with E-state index in [0.717, 1.165) is 36.0 Å². The fourth-order valence-corrected chi connectivity index (χ4v) is 3.00. The summed E-state index contributed by atoms with van der Waals surface area (Å²) in [5.41, 5.74) is 5.06. The fraction of sp³-hybridized carbons (Fsp3) is 0.438. The van der Waals surface area contributed by atoms with Crippen LogP contribution in [0.15, 0.2) is 28.7 Å². The molecule has 0 aliphatic heterocycles. The molecule has 0 saturated carbocycles. The van der Waals surface area contributed by atoms with Crippen molar-refractivity contribution in [3.63, 3.8) is 0 Å². The van der Waals surface area contributed by atoms with Crippen LogP contribution in [0.4, 0.5) is 0 Å². The molecule has 0 amide bonds. The van der Waals surface area contributed by atoms with Gasteiger partial charge in [-0.3, -0.25) is 0 Å². The molecule has 0 unspecified atom stereocenters. The summed E-state index contributed by atoms with van der Waals surface area (Å²) in [6, 6.07) is 8.26. The largest absolute Gasteiger partial charge is 0.319 e. The second kappa shape index (κ2) is 7.04. The second-order valence-corrected chi connectivity index (χ2v) is 5.65. The van der Waals surface area contributed by atoms with Crippen molar-refractivity contribution >= 4 is 15.9 Å². The highest BCUT2D eigenvalue weighted by Crippen LogP contribution is 2.25. The Balaban J connectivity index is 2.53. The van der Waals surface area contributed by atoms with Crippen LogP contribution >= 0.6 is 15.9 Å². The van der Waals surface area contributed by atoms with Gasteiger partial charge in [-0.25, -0.2) is 4.68 Å². The van der Waals surface area contributed by atoms with Crippen LogP contribution in [0.5, 0.6) is 0 Å². The molecular formula is C16H22BrN3. The molecule has 0 aliphatic rings. The first-order chi connectivity index (χ1) is 9.72. The van der Waals surface area contributed by atoms with Gasteiger partial charge < -0.3 is 5.32 Å². The van der Waals surface area contributed by atoms with Gasteiger partial charge >= 0.3 is 0 Å². The van der Waals surface area contributed by atoms with Crippen molar-refractivity contribution in [1.29, 1.82) is 0 Å². The molecule has 0 fully saturated rings. The molecule has 0 aliphatic carbocycles. The van der Waals surface area contributed by atoms with Gasteiger partial charge in [0.1, 0.15) is 0 Å². The minimum Gasteiger partial charge on any atom is -0.319 e. The lowest BCUT2D eigenvalue weighted by atomic mass is 10.1. The van der Waals surface area contributed by atoms with E-state index in [1.54, 1.807) is 0 Å². The number of benzene rings is 1. The summed E-state index contributed by atoms with van der Waals surface area (Å²) in [5, 5.41) is 8.08. The average Bonchev–Trinajstić information content (AvgIpc) is 2.83. The summed E-state index contributed by atoms with van der Waals surface area (Å²) < 4.78 is 3.19. The first kappa shape index (κ1) is 15.3. The predicted octanol–water partition coefficient (Wildman–Crippen LogP) is 3.52. The number of aromatic nitrogens is 2. The van der Waals surface area contributed by atoms with Gasteiger partial charge in [0.2, 0.25) is 0 Å². The van der Waals surface area contributed by atoms with Crippen molar-refractivity contribution < 1.29 is 0 Å². The number of hydrogen-bond acceptors (Lipinski definition) is 2. The monoisotopic (exact) mass is 335 g/mol. The standard InChI is InChI=1S/C16H22BrN3/c1-4-14-12(10-11-18-3)15(5-2)20(19-14)16-9-7-6-8-13(16)17/h6-9,18H,4-5,10-11H2,1-3H3. The summed E-state index contributed by atoms with van der Waals surface area (Å²) >= 11 is 3.63. The third-order valence-corrected chi connectivity index (χ3v) is 4.22. The number of halogens is 1. The molecular weight excluding hydrogens is 314 g/mol. The van der Waals surface area contributed by atoms with Gasteiger partial charge in [-0.15, -0.1) is 0 Å². The van der Waals surface area contributed by atoms with E-state index in [4.69, 9.17) is 5.10 Å². The number of para-hydroxylation sites is 1. The number of hydrogen-bond donors (Lipinski definition) is 1. The summed E-state index contributed by atoms with van der Waals surface area (Å²) in [7, 11) is 2.00. The van der Waals surface area contributed by atoms with E-state index < -0.39 is 0 Å². The normalized spacial score (nSPS) is 11.0. The van der Waals surface area contributed by atoms with Gasteiger partial charge in [0.15, 0.2) is 0 Å². The number of rotatable bonds is 6. The quantitative estimate of drug-likeness (QED) is 0.875. The van der Waals surface area contributed by atoms with E-state index in [0.29, 0.717) is 0 Å². The van der Waals surface area contributed by atoms with Crippen LogP contribution < -0.4 is 5.32 Å². The van der Waals surface area contributed by atoms with Crippen LogP contribution in [-0.4, -0.2) is 23.4 Å². The van der Waals surface area contributed by atoms with E-state index in [9.17, 15) is 0 Å². The molecule has 1 N–H and O–H groups in total. The van der Waals surface area contributed by atoms with Gasteiger partial charge in [-0.05, 0) is 66.5 Å². The Hall–Kier alpha value is -1.13. The maximum absolute atomic E-state index is 4.84. The molecule has 0 atom stereocenters. The third kappa shape index (κ3) is 2.96. The lowest BCUT2D eigenvalue weighted by molar-refractivity contribution is 0.771. The zero-order chi connectivity index (χ0) is 14.5. The maximum Gasteiger partial charge on any atom is 0.0790 e. The first-order valence-corrected chi connectivity index (χ1v) is 8.01. The fourth-order valence-electron chi connectivity index (χ4n) is 2.54. The van der Waals surface area contributed by atoms with Gasteiger partial charge in [-0.1, -0.05) is 26.0 Å². The summed E-state index contributed by atoms with van der Waals surface area (Å²) in [6.07, 6.45) is 3.00. The maximum atomic E-state index is 4.84. The van der Waals surface area contributed by atoms with Crippen molar-refractivity contribution in [1.82, 2.24) is 15.1 Å². The van der Waals surface area contributed by atoms with E-state index in [1.807, 2.05) is 13.1 Å². The van der Waals surface area contributed by atoms with Crippen LogP contribution in [-0.2, 0) is 19.3 Å². The summed E-state index contributed by atoms with van der Waals surface area (Å²) in [6.45, 7) is 5.36. The highest BCUT2D eigenvalue weighted by Gasteiger charge is 2.17. The lowest BCUT2D eigenvalue weighted by Gasteiger charge is -2.09. The lowest BCUT2D eigenvalue weighted by Crippen LogP contribution is -2.12. The number of nitrogens with zero attached hydrogens (tertiary/aromatic N) is 2. The van der Waals surface area contributed by atoms with Gasteiger partial charge in [0.05, 0.1) is 11.4 Å². The summed E-state index contributed by atoms with van der Waals surface area (Å²) in [4.78, 5) is 0. The molecule has 1 aromatic carbocycles. The molecule has 1 aromatic heterocycles. The smallest absolute Gasteiger partial charge is 0.0790 e. The van der Waals surface area contributed by atoms with Gasteiger partial charge in [-0.2, -0.15) is 5.10 Å². The molecule has 1 heterocycles. The number of aryl methyl sites for hydroxylation is 1. The topological polar surface area (TPSA) is 29.9 Å². The first-order valence-electron chi connectivity index (χ1n) is 7.22. The van der Waals surface area contributed by atoms with Crippen molar-refractivity contribution in [2.45, 2.75) is 33.1 Å². The van der Waals surface area contributed by atoms with Crippen molar-refractivity contribution in [2.24, 2.45) is 0 Å². The van der Waals surface area contributed by atoms with Crippen molar-refractivity contribution in [3.8, 4) is 5.69 Å². The highest BCUT2D eigenvalue weighted by atomic mass is 79.9. The van der Waals surface area contributed by atoms with Crippen molar-refractivity contribution in [2.75, 3.05) is 13.6 Å². The number of nitrogens with one attached hydrogen (secondary N) is 1. The van der Waals surface area contributed by atoms with Crippen LogP contribution in [0.3, 0.4) is 0 Å². The third-order valence-electron chi connectivity index (χ3n) is 3.55. The average molecular weight is 336 g/mol. The molecule has 2 aromatic rings. The zero-order valence-corrected chi connectivity index (χ0v) is 14.0. The van der Waals surface area contributed by atoms with Crippen LogP contribution in [0.1, 0.15) is 30.8 Å². The minimum absolute atomic E-state index is 0.976. The molecule has 0 radical (unpaired) electrons. The van der Waals surface area contributed by atoms with E-state index in [2.05, 4.69) is 58.0 Å². The molecule has 0 spiro atoms. The molecule has 4 heteroatoms. The van der Waals surface area contributed by atoms with E-state index in [1.165, 1.54) is 17.0 Å². The Morgan fingerprint density at radius 2 is 1.95 bits per heavy atom. The highest BCUT2D eigenvalue weighted by molar-refractivity contribution is 9.10. The molecule has 108 valence electrons. The van der Waals surface area contributed by atoms with Gasteiger partial charge in [0.25, 0.3) is 0 Å². The SMILES string of the molecule is CCc1nn(-c2ccccc2Br)c(CC)c1CCNC. The Kier molecular flexibility index (Phi) is 5.38. The van der Waals surface area contributed by atoms with Crippen LogP contribution in [0.25, 0.3) is 5.69 Å². The predicted molar refractivity (Wildman–Crippen MR) is 87.7 cm³/mol. The van der Waals surface area contributed by atoms with Crippen LogP contribution in [0, 0.1) is 0 Å². The van der Waals surface area contributed by atoms with E-state index in [-0.39, 0.29) is 0 Å². The zero-order valence-electron chi connectivity index (χ0n) is 12.4. The molecule has 0 saturated heterocycles. The molecule has 0 bridgehead atoms. The Bertz CT molecular complexity index is 575. The Morgan fingerprint density at radius 3 is 2.55 bits per heavy atom. The van der Waals surface area contributed by atoms with Gasteiger partial charge in [0, 0.05) is 10.2 Å². The van der Waals surface area contributed by atoms with Crippen LogP contribution in [0.2, 0.25) is 0 Å². The second-order valence-electron chi connectivity index (χ2n) is 4.80. The summed E-state index contributed by atoms with van der Waals surface area (Å²) in [5.74, 6) is 0. The minimum atomic E-state index is 0.976. The molecule has 3 nitrogen and oxygen atoms in total. The number of likely N-dealkylation sites (N-methyl/N-ethyl adjacent to an activating group) is 1. The molecule has 2 rings (SSSR count). The Morgan fingerprint density at radius 1 is 1.20 bits per heavy atom.